The minimum Gasteiger partial charge on any atom is -0.378 e. The maximum absolute atomic E-state index is 13.1. The molecule has 1 saturated heterocycles. The van der Waals surface area contributed by atoms with E-state index in [2.05, 4.69) is 50.7 Å². The number of rotatable bonds is 7. The molecule has 1 atom stereocenters. The van der Waals surface area contributed by atoms with E-state index in [-0.39, 0.29) is 6.04 Å². The van der Waals surface area contributed by atoms with Gasteiger partial charge in [-0.2, -0.15) is 0 Å². The minimum atomic E-state index is -3.62. The molecule has 1 fully saturated rings. The lowest BCUT2D eigenvalue weighted by atomic mass is 10.0. The van der Waals surface area contributed by atoms with Crippen molar-refractivity contribution in [3.63, 3.8) is 0 Å². The third-order valence-electron chi connectivity index (χ3n) is 6.27. The van der Waals surface area contributed by atoms with Gasteiger partial charge in [0, 0.05) is 58.5 Å². The fraction of sp³-hybridized carbons (Fsp3) is 0.360. The quantitative estimate of drug-likeness (QED) is 0.597. The van der Waals surface area contributed by atoms with Crippen LogP contribution in [0.1, 0.15) is 11.6 Å². The predicted molar refractivity (Wildman–Crippen MR) is 132 cm³/mol. The number of hydrogen-bond donors (Lipinski definition) is 1. The van der Waals surface area contributed by atoms with E-state index in [0.29, 0.717) is 11.4 Å². The first-order chi connectivity index (χ1) is 15.3. The van der Waals surface area contributed by atoms with Gasteiger partial charge < -0.3 is 9.80 Å². The van der Waals surface area contributed by atoms with Gasteiger partial charge in [-0.3, -0.25) is 4.90 Å². The van der Waals surface area contributed by atoms with E-state index in [0.717, 1.165) is 48.2 Å². The summed E-state index contributed by atoms with van der Waals surface area (Å²) in [7, 11) is 2.54. The highest BCUT2D eigenvalue weighted by Crippen LogP contribution is 2.25. The molecule has 0 saturated carbocycles. The maximum atomic E-state index is 13.1. The number of likely N-dealkylation sites (N-methyl/N-ethyl adjacent to an activating group) is 1. The van der Waals surface area contributed by atoms with Gasteiger partial charge in [0.1, 0.15) is 0 Å². The predicted octanol–water partition coefficient (Wildman–Crippen LogP) is 3.17. The molecule has 32 heavy (non-hydrogen) atoms. The average molecular weight is 453 g/mol. The zero-order valence-electron chi connectivity index (χ0n) is 19.0. The van der Waals surface area contributed by atoms with Crippen molar-refractivity contribution in [2.24, 2.45) is 0 Å². The van der Waals surface area contributed by atoms with E-state index in [4.69, 9.17) is 0 Å². The number of nitrogens with one attached hydrogen (secondary N) is 1. The summed E-state index contributed by atoms with van der Waals surface area (Å²) in [4.78, 5) is 7.06. The van der Waals surface area contributed by atoms with Crippen molar-refractivity contribution < 1.29 is 8.42 Å². The van der Waals surface area contributed by atoms with E-state index < -0.39 is 10.0 Å². The van der Waals surface area contributed by atoms with Crippen LogP contribution in [-0.4, -0.2) is 72.1 Å². The smallest absolute Gasteiger partial charge is 0.240 e. The summed E-state index contributed by atoms with van der Waals surface area (Å²) in [6, 6.07) is 21.5. The van der Waals surface area contributed by atoms with Crippen molar-refractivity contribution in [1.29, 1.82) is 0 Å². The van der Waals surface area contributed by atoms with Gasteiger partial charge in [-0.05, 0) is 47.6 Å². The lowest BCUT2D eigenvalue weighted by molar-refractivity contribution is 0.113. The highest BCUT2D eigenvalue weighted by atomic mass is 32.2. The highest BCUT2D eigenvalue weighted by molar-refractivity contribution is 7.89. The monoisotopic (exact) mass is 452 g/mol. The van der Waals surface area contributed by atoms with Crippen molar-refractivity contribution >= 4 is 26.5 Å². The molecule has 170 valence electrons. The van der Waals surface area contributed by atoms with Gasteiger partial charge >= 0.3 is 0 Å². The molecule has 0 bridgehead atoms. The summed E-state index contributed by atoms with van der Waals surface area (Å²) in [5.74, 6) is 0. The van der Waals surface area contributed by atoms with E-state index in [9.17, 15) is 8.42 Å². The number of fused-ring (bicyclic) bond motifs is 1. The zero-order chi connectivity index (χ0) is 22.7. The van der Waals surface area contributed by atoms with Gasteiger partial charge in [0.05, 0.1) is 4.90 Å². The van der Waals surface area contributed by atoms with Crippen LogP contribution in [0.15, 0.2) is 71.6 Å². The van der Waals surface area contributed by atoms with Gasteiger partial charge in [-0.15, -0.1) is 0 Å². The Balaban J connectivity index is 1.56. The second-order valence-electron chi connectivity index (χ2n) is 8.70. The second-order valence-corrected chi connectivity index (χ2v) is 10.5. The van der Waals surface area contributed by atoms with E-state index in [1.165, 1.54) is 0 Å². The molecule has 1 aliphatic rings. The molecule has 3 aromatic rings. The van der Waals surface area contributed by atoms with Crippen molar-refractivity contribution in [3.8, 4) is 0 Å². The van der Waals surface area contributed by atoms with Gasteiger partial charge in [-0.1, -0.05) is 42.5 Å². The summed E-state index contributed by atoms with van der Waals surface area (Å²) in [5, 5.41) is 1.95. The van der Waals surface area contributed by atoms with Crippen LogP contribution in [0.25, 0.3) is 10.8 Å². The molecular weight excluding hydrogens is 420 g/mol. The first-order valence-corrected chi connectivity index (χ1v) is 12.5. The Labute approximate surface area is 191 Å². The van der Waals surface area contributed by atoms with Crippen LogP contribution in [0, 0.1) is 0 Å². The van der Waals surface area contributed by atoms with Gasteiger partial charge in [0.2, 0.25) is 10.0 Å². The van der Waals surface area contributed by atoms with Crippen LogP contribution in [0.3, 0.4) is 0 Å². The minimum absolute atomic E-state index is 0.0184. The standard InChI is InChI=1S/C25H32N4O2S/c1-27(2)23-11-8-21(9-12-23)25(29-16-14-28(3)15-17-29)19-26-32(30,31)24-13-10-20-6-4-5-7-22(20)18-24/h4-13,18,25-26H,14-17,19H2,1-3H3/t25-/m0/s1. The summed E-state index contributed by atoms with van der Waals surface area (Å²) < 4.78 is 29.2. The number of hydrogen-bond acceptors (Lipinski definition) is 5. The largest absolute Gasteiger partial charge is 0.378 e. The summed E-state index contributed by atoms with van der Waals surface area (Å²) >= 11 is 0. The lowest BCUT2D eigenvalue weighted by Crippen LogP contribution is -2.48. The fourth-order valence-electron chi connectivity index (χ4n) is 4.19. The molecule has 7 heteroatoms. The molecule has 0 unspecified atom stereocenters. The van der Waals surface area contributed by atoms with Gasteiger partial charge in [-0.25, -0.2) is 13.1 Å². The first kappa shape index (κ1) is 22.7. The average Bonchev–Trinajstić information content (AvgIpc) is 2.80. The van der Waals surface area contributed by atoms with Crippen LogP contribution in [0.2, 0.25) is 0 Å². The molecule has 0 aliphatic carbocycles. The van der Waals surface area contributed by atoms with Crippen LogP contribution in [0.5, 0.6) is 0 Å². The summed E-state index contributed by atoms with van der Waals surface area (Å²) in [6.45, 7) is 4.11. The molecule has 0 radical (unpaired) electrons. The van der Waals surface area contributed by atoms with Crippen molar-refractivity contribution in [2.45, 2.75) is 10.9 Å². The maximum Gasteiger partial charge on any atom is 0.240 e. The van der Waals surface area contributed by atoms with Crippen LogP contribution in [0.4, 0.5) is 5.69 Å². The fourth-order valence-corrected chi connectivity index (χ4v) is 5.27. The molecule has 1 N–H and O–H groups in total. The number of sulfonamides is 1. The topological polar surface area (TPSA) is 55.9 Å². The summed E-state index contributed by atoms with van der Waals surface area (Å²) in [6.07, 6.45) is 0. The summed E-state index contributed by atoms with van der Waals surface area (Å²) in [5.41, 5.74) is 2.25. The van der Waals surface area contributed by atoms with Gasteiger partial charge in [0.25, 0.3) is 0 Å². The van der Waals surface area contributed by atoms with Crippen LogP contribution < -0.4 is 9.62 Å². The first-order valence-electron chi connectivity index (χ1n) is 11.0. The SMILES string of the molecule is CN1CCN([C@@H](CNS(=O)(=O)c2ccc3ccccc3c2)c2ccc(N(C)C)cc2)CC1. The number of anilines is 1. The molecule has 4 rings (SSSR count). The molecule has 0 spiro atoms. The molecule has 0 aromatic heterocycles. The Morgan fingerprint density at radius 3 is 2.22 bits per heavy atom. The normalized spacial score (nSPS) is 16.8. The zero-order valence-corrected chi connectivity index (χ0v) is 19.8. The second kappa shape index (κ2) is 9.58. The van der Waals surface area contributed by atoms with Crippen molar-refractivity contribution in [2.75, 3.05) is 58.8 Å². The Kier molecular flexibility index (Phi) is 6.81. The van der Waals surface area contributed by atoms with Crippen molar-refractivity contribution in [3.05, 3.63) is 72.3 Å². The van der Waals surface area contributed by atoms with E-state index >= 15 is 0 Å². The van der Waals surface area contributed by atoms with E-state index in [1.54, 1.807) is 12.1 Å². The molecule has 6 nitrogen and oxygen atoms in total. The third-order valence-corrected chi connectivity index (χ3v) is 7.69. The number of benzene rings is 3. The van der Waals surface area contributed by atoms with E-state index in [1.807, 2.05) is 44.4 Å². The molecule has 0 amide bonds. The Morgan fingerprint density at radius 1 is 0.906 bits per heavy atom. The number of nitrogens with zero attached hydrogens (tertiary/aromatic N) is 3. The highest BCUT2D eigenvalue weighted by Gasteiger charge is 2.26. The molecular formula is C25H32N4O2S. The molecule has 1 heterocycles. The molecule has 1 aliphatic heterocycles. The van der Waals surface area contributed by atoms with Crippen LogP contribution in [-0.2, 0) is 10.0 Å². The Hall–Kier alpha value is -2.45. The van der Waals surface area contributed by atoms with Gasteiger partial charge in [0.15, 0.2) is 0 Å². The van der Waals surface area contributed by atoms with Crippen LogP contribution >= 0.6 is 0 Å². The number of piperazine rings is 1. The lowest BCUT2D eigenvalue weighted by Gasteiger charge is -2.38. The molecule has 3 aromatic carbocycles. The third kappa shape index (κ3) is 5.13. The Morgan fingerprint density at radius 2 is 1.56 bits per heavy atom. The van der Waals surface area contributed by atoms with Crippen molar-refractivity contribution in [1.82, 2.24) is 14.5 Å². The Bertz CT molecular complexity index is 1150.